The molecule has 0 aliphatic rings. The maximum atomic E-state index is 13.9. The van der Waals surface area contributed by atoms with Gasteiger partial charge in [0, 0.05) is 5.02 Å². The van der Waals surface area contributed by atoms with Crippen LogP contribution in [-0.2, 0) is 11.3 Å². The third-order valence-electron chi connectivity index (χ3n) is 2.77. The molecule has 2 aromatic carbocycles. The fourth-order valence-electron chi connectivity index (χ4n) is 1.78. The van der Waals surface area contributed by atoms with Crippen LogP contribution < -0.4 is 5.32 Å². The zero-order chi connectivity index (χ0) is 17.0. The van der Waals surface area contributed by atoms with E-state index in [0.29, 0.717) is 5.56 Å². The van der Waals surface area contributed by atoms with Gasteiger partial charge in [0.2, 0.25) is 3.79 Å². The van der Waals surface area contributed by atoms with Crippen molar-refractivity contribution in [1.29, 1.82) is 0 Å². The number of hydrogen-bond donors (Lipinski definition) is 1. The molecular weight excluding hydrogens is 390 g/mol. The summed E-state index contributed by atoms with van der Waals surface area (Å²) in [6.45, 7) is 0.00951. The lowest BCUT2D eigenvalue weighted by Gasteiger charge is -2.13. The lowest BCUT2D eigenvalue weighted by atomic mass is 10.2. The topological polar surface area (TPSA) is 21.3 Å². The second-order valence-electron chi connectivity index (χ2n) is 4.67. The molecule has 1 N–H and O–H groups in total. The van der Waals surface area contributed by atoms with Gasteiger partial charge in [-0.1, -0.05) is 52.5 Å². The lowest BCUT2D eigenvalue weighted by Crippen LogP contribution is -2.12. The second kappa shape index (κ2) is 7.86. The number of alkyl halides is 3. The molecule has 0 saturated heterocycles. The minimum atomic E-state index is -1.52. The third-order valence-corrected chi connectivity index (χ3v) is 3.33. The standard InChI is InChI=1S/C15H11Cl4F2NO/c16-10-2-4-13(12(21)6-10)22-14-5-9(1-3-11(14)20)7-23-8-15(17,18)19/h1-6,22H,7-8H2. The van der Waals surface area contributed by atoms with Crippen LogP contribution in [0.3, 0.4) is 0 Å². The summed E-state index contributed by atoms with van der Waals surface area (Å²) in [5.41, 5.74) is 0.839. The highest BCUT2D eigenvalue weighted by Crippen LogP contribution is 2.28. The SMILES string of the molecule is Fc1cc(Cl)ccc1Nc1cc(COCC(Cl)(Cl)Cl)ccc1F. The smallest absolute Gasteiger partial charge is 0.213 e. The van der Waals surface area contributed by atoms with Gasteiger partial charge in [-0.25, -0.2) is 8.78 Å². The number of rotatable bonds is 5. The summed E-state index contributed by atoms with van der Waals surface area (Å²) in [5.74, 6) is -1.13. The van der Waals surface area contributed by atoms with Gasteiger partial charge in [0.05, 0.1) is 24.6 Å². The number of hydrogen-bond acceptors (Lipinski definition) is 2. The number of anilines is 2. The molecule has 0 fully saturated rings. The van der Waals surface area contributed by atoms with E-state index >= 15 is 0 Å². The van der Waals surface area contributed by atoms with Crippen LogP contribution in [0.1, 0.15) is 5.56 Å². The first-order valence-electron chi connectivity index (χ1n) is 6.39. The van der Waals surface area contributed by atoms with Crippen molar-refractivity contribution in [2.24, 2.45) is 0 Å². The van der Waals surface area contributed by atoms with E-state index in [4.69, 9.17) is 51.1 Å². The van der Waals surface area contributed by atoms with Crippen molar-refractivity contribution in [3.05, 3.63) is 58.6 Å². The molecular formula is C15H11Cl4F2NO. The van der Waals surface area contributed by atoms with Crippen LogP contribution in [0.15, 0.2) is 36.4 Å². The van der Waals surface area contributed by atoms with Gasteiger partial charge >= 0.3 is 0 Å². The van der Waals surface area contributed by atoms with E-state index in [1.165, 1.54) is 30.3 Å². The van der Waals surface area contributed by atoms with Gasteiger partial charge in [0.15, 0.2) is 0 Å². The molecule has 8 heteroatoms. The van der Waals surface area contributed by atoms with Crippen molar-refractivity contribution in [2.45, 2.75) is 10.4 Å². The molecule has 23 heavy (non-hydrogen) atoms. The Balaban J connectivity index is 2.11. The van der Waals surface area contributed by atoms with E-state index < -0.39 is 15.4 Å². The molecule has 0 unspecified atom stereocenters. The Kier molecular flexibility index (Phi) is 6.34. The van der Waals surface area contributed by atoms with E-state index in [1.807, 2.05) is 0 Å². The molecule has 0 aliphatic carbocycles. The van der Waals surface area contributed by atoms with Crippen LogP contribution in [0, 0.1) is 11.6 Å². The predicted molar refractivity (Wildman–Crippen MR) is 91.0 cm³/mol. The summed E-state index contributed by atoms with van der Waals surface area (Å²) in [5, 5.41) is 2.92. The summed E-state index contributed by atoms with van der Waals surface area (Å²) in [6, 6.07) is 8.31. The first kappa shape index (κ1) is 18.6. The summed E-state index contributed by atoms with van der Waals surface area (Å²) < 4.78 is 31.3. The average molecular weight is 401 g/mol. The highest BCUT2D eigenvalue weighted by Gasteiger charge is 2.19. The van der Waals surface area contributed by atoms with Crippen LogP contribution >= 0.6 is 46.4 Å². The zero-order valence-corrected chi connectivity index (χ0v) is 14.6. The number of ether oxygens (including phenoxy) is 1. The molecule has 0 aromatic heterocycles. The highest BCUT2D eigenvalue weighted by molar-refractivity contribution is 6.67. The van der Waals surface area contributed by atoms with E-state index in [0.717, 1.165) is 6.07 Å². The molecule has 0 spiro atoms. The van der Waals surface area contributed by atoms with Crippen molar-refractivity contribution < 1.29 is 13.5 Å². The van der Waals surface area contributed by atoms with Crippen molar-refractivity contribution in [3.63, 3.8) is 0 Å². The summed E-state index contributed by atoms with van der Waals surface area (Å²) in [4.78, 5) is 0. The van der Waals surface area contributed by atoms with Gasteiger partial charge in [0.25, 0.3) is 0 Å². The van der Waals surface area contributed by atoms with Gasteiger partial charge in [-0.2, -0.15) is 0 Å². The highest BCUT2D eigenvalue weighted by atomic mass is 35.6. The molecule has 0 amide bonds. The second-order valence-corrected chi connectivity index (χ2v) is 7.62. The minimum absolute atomic E-state index is 0.0983. The maximum absolute atomic E-state index is 13.9. The first-order chi connectivity index (χ1) is 10.7. The molecule has 0 bridgehead atoms. The summed E-state index contributed by atoms with van der Waals surface area (Å²) in [6.07, 6.45) is 0. The van der Waals surface area contributed by atoms with Gasteiger partial charge < -0.3 is 10.1 Å². The van der Waals surface area contributed by atoms with Crippen LogP contribution in [0.2, 0.25) is 5.02 Å². The normalized spacial score (nSPS) is 11.6. The average Bonchev–Trinajstić information content (AvgIpc) is 2.44. The van der Waals surface area contributed by atoms with Crippen molar-refractivity contribution >= 4 is 57.8 Å². The molecule has 2 aromatic rings. The predicted octanol–water partition coefficient (Wildman–Crippen LogP) is 6.25. The fraction of sp³-hybridized carbons (Fsp3) is 0.200. The van der Waals surface area contributed by atoms with Gasteiger partial charge in [0.1, 0.15) is 11.6 Å². The van der Waals surface area contributed by atoms with Crippen LogP contribution in [0.25, 0.3) is 0 Å². The minimum Gasteiger partial charge on any atom is -0.372 e. The van der Waals surface area contributed by atoms with Gasteiger partial charge in [-0.05, 0) is 35.9 Å². The Morgan fingerprint density at radius 3 is 2.35 bits per heavy atom. The summed E-state index contributed by atoms with van der Waals surface area (Å²) in [7, 11) is 0. The zero-order valence-electron chi connectivity index (χ0n) is 11.6. The fourth-order valence-corrected chi connectivity index (χ4v) is 2.17. The molecule has 2 nitrogen and oxygen atoms in total. The quantitative estimate of drug-likeness (QED) is 0.599. The molecule has 0 heterocycles. The van der Waals surface area contributed by atoms with Crippen molar-refractivity contribution in [2.75, 3.05) is 11.9 Å². The van der Waals surface area contributed by atoms with E-state index in [-0.39, 0.29) is 29.6 Å². The Morgan fingerprint density at radius 2 is 1.70 bits per heavy atom. The Morgan fingerprint density at radius 1 is 0.957 bits per heavy atom. The van der Waals surface area contributed by atoms with Gasteiger partial charge in [-0.15, -0.1) is 0 Å². The Bertz CT molecular complexity index is 692. The number of nitrogens with one attached hydrogen (secondary N) is 1. The van der Waals surface area contributed by atoms with E-state index in [9.17, 15) is 8.78 Å². The first-order valence-corrected chi connectivity index (χ1v) is 7.91. The molecule has 0 aliphatic heterocycles. The Hall–Kier alpha value is -0.780. The Labute approximate surface area is 152 Å². The van der Waals surface area contributed by atoms with Crippen LogP contribution in [0.5, 0.6) is 0 Å². The van der Waals surface area contributed by atoms with Crippen molar-refractivity contribution in [3.8, 4) is 0 Å². The molecule has 0 radical (unpaired) electrons. The molecule has 124 valence electrons. The number of halogens is 6. The van der Waals surface area contributed by atoms with Gasteiger partial charge in [-0.3, -0.25) is 0 Å². The lowest BCUT2D eigenvalue weighted by molar-refractivity contribution is 0.126. The number of benzene rings is 2. The third kappa shape index (κ3) is 5.98. The maximum Gasteiger partial charge on any atom is 0.213 e. The van der Waals surface area contributed by atoms with Crippen molar-refractivity contribution in [1.82, 2.24) is 0 Å². The van der Waals surface area contributed by atoms with E-state index in [1.54, 1.807) is 0 Å². The largest absolute Gasteiger partial charge is 0.372 e. The van der Waals surface area contributed by atoms with Crippen LogP contribution in [0.4, 0.5) is 20.2 Å². The van der Waals surface area contributed by atoms with Crippen LogP contribution in [-0.4, -0.2) is 10.4 Å². The summed E-state index contributed by atoms with van der Waals surface area (Å²) >= 11 is 22.4. The monoisotopic (exact) mass is 399 g/mol. The molecule has 2 rings (SSSR count). The molecule has 0 saturated carbocycles. The molecule has 0 atom stereocenters. The van der Waals surface area contributed by atoms with E-state index in [2.05, 4.69) is 5.32 Å².